The summed E-state index contributed by atoms with van der Waals surface area (Å²) in [7, 11) is 0. The Morgan fingerprint density at radius 3 is 2.54 bits per heavy atom. The summed E-state index contributed by atoms with van der Waals surface area (Å²) in [5, 5.41) is 0. The molecule has 0 saturated carbocycles. The Hall–Kier alpha value is -1.15. The molecule has 0 spiro atoms. The molecule has 2 heteroatoms. The Balaban J connectivity index is 2.23. The van der Waals surface area contributed by atoms with Crippen LogP contribution in [0.5, 0.6) is 0 Å². The third kappa shape index (κ3) is 1.63. The number of carbonyl (C=O) groups excluding carboxylic acids is 1. The van der Waals surface area contributed by atoms with Crippen LogP contribution in [0.3, 0.4) is 0 Å². The number of ether oxygens (including phenoxy) is 1. The van der Waals surface area contributed by atoms with Crippen molar-refractivity contribution in [2.75, 3.05) is 0 Å². The van der Waals surface area contributed by atoms with Crippen LogP contribution >= 0.6 is 0 Å². The minimum Gasteiger partial charge on any atom is -0.362 e. The maximum absolute atomic E-state index is 11.5. The Morgan fingerprint density at radius 2 is 2.00 bits per heavy atom. The van der Waals surface area contributed by atoms with Crippen LogP contribution < -0.4 is 0 Å². The van der Waals surface area contributed by atoms with E-state index in [1.54, 1.807) is 0 Å². The van der Waals surface area contributed by atoms with Crippen LogP contribution in [0.25, 0.3) is 0 Å². The average molecular weight is 176 g/mol. The van der Waals surface area contributed by atoms with E-state index in [2.05, 4.69) is 0 Å². The fourth-order valence-corrected chi connectivity index (χ4v) is 1.64. The maximum Gasteiger partial charge on any atom is 0.168 e. The van der Waals surface area contributed by atoms with Crippen molar-refractivity contribution < 1.29 is 9.53 Å². The molecule has 0 aromatic heterocycles. The molecule has 1 aromatic carbocycles. The molecule has 1 aromatic rings. The fourth-order valence-electron chi connectivity index (χ4n) is 1.64. The van der Waals surface area contributed by atoms with Gasteiger partial charge in [-0.3, -0.25) is 4.79 Å². The van der Waals surface area contributed by atoms with Crippen molar-refractivity contribution in [2.24, 2.45) is 0 Å². The van der Waals surface area contributed by atoms with Gasteiger partial charge in [-0.15, -0.1) is 0 Å². The second kappa shape index (κ2) is 3.30. The van der Waals surface area contributed by atoms with Crippen LogP contribution in [0.1, 0.15) is 25.0 Å². The van der Waals surface area contributed by atoms with Crippen molar-refractivity contribution in [3.63, 3.8) is 0 Å². The number of carbonyl (C=O) groups is 1. The SMILES string of the molecule is C[C@@H]1CC(=O)[C@H](c2ccccc2)O1. The van der Waals surface area contributed by atoms with Crippen LogP contribution in [0.4, 0.5) is 0 Å². The standard InChI is InChI=1S/C11H12O2/c1-8-7-10(12)11(13-8)9-5-3-2-4-6-9/h2-6,8,11H,7H2,1H3/t8-,11+/m1/s1. The highest BCUT2D eigenvalue weighted by molar-refractivity contribution is 5.86. The Labute approximate surface area is 77.5 Å². The monoisotopic (exact) mass is 176 g/mol. The van der Waals surface area contributed by atoms with Gasteiger partial charge in [0.05, 0.1) is 6.10 Å². The second-order valence-electron chi connectivity index (χ2n) is 3.41. The van der Waals surface area contributed by atoms with Gasteiger partial charge >= 0.3 is 0 Å². The van der Waals surface area contributed by atoms with Crippen molar-refractivity contribution in [3.8, 4) is 0 Å². The lowest BCUT2D eigenvalue weighted by Gasteiger charge is -2.08. The molecule has 1 heterocycles. The van der Waals surface area contributed by atoms with E-state index in [1.807, 2.05) is 37.3 Å². The summed E-state index contributed by atoms with van der Waals surface area (Å²) in [6.45, 7) is 1.93. The molecular formula is C11H12O2. The lowest BCUT2D eigenvalue weighted by molar-refractivity contribution is -0.122. The highest BCUT2D eigenvalue weighted by atomic mass is 16.5. The molecule has 1 saturated heterocycles. The molecule has 68 valence electrons. The fraction of sp³-hybridized carbons (Fsp3) is 0.364. The zero-order chi connectivity index (χ0) is 9.26. The van der Waals surface area contributed by atoms with Gasteiger partial charge in [-0.05, 0) is 12.5 Å². The van der Waals surface area contributed by atoms with Gasteiger partial charge < -0.3 is 4.74 Å². The van der Waals surface area contributed by atoms with E-state index in [0.29, 0.717) is 6.42 Å². The van der Waals surface area contributed by atoms with Crippen molar-refractivity contribution in [3.05, 3.63) is 35.9 Å². The second-order valence-corrected chi connectivity index (χ2v) is 3.41. The summed E-state index contributed by atoms with van der Waals surface area (Å²) in [6, 6.07) is 9.65. The molecule has 2 nitrogen and oxygen atoms in total. The molecule has 2 rings (SSSR count). The molecule has 1 aliphatic rings. The van der Waals surface area contributed by atoms with Crippen LogP contribution in [0.15, 0.2) is 30.3 Å². The van der Waals surface area contributed by atoms with Crippen LogP contribution in [-0.2, 0) is 9.53 Å². The number of hydrogen-bond acceptors (Lipinski definition) is 2. The van der Waals surface area contributed by atoms with E-state index in [-0.39, 0.29) is 18.0 Å². The van der Waals surface area contributed by atoms with Crippen molar-refractivity contribution in [1.29, 1.82) is 0 Å². The zero-order valence-electron chi connectivity index (χ0n) is 7.57. The van der Waals surface area contributed by atoms with Gasteiger partial charge in [0.1, 0.15) is 6.10 Å². The van der Waals surface area contributed by atoms with Crippen molar-refractivity contribution >= 4 is 5.78 Å². The van der Waals surface area contributed by atoms with E-state index < -0.39 is 0 Å². The normalized spacial score (nSPS) is 27.9. The van der Waals surface area contributed by atoms with E-state index >= 15 is 0 Å². The predicted molar refractivity (Wildman–Crippen MR) is 49.4 cm³/mol. The Kier molecular flexibility index (Phi) is 2.15. The van der Waals surface area contributed by atoms with Gasteiger partial charge in [0.25, 0.3) is 0 Å². The number of ketones is 1. The van der Waals surface area contributed by atoms with Gasteiger partial charge in [0.15, 0.2) is 5.78 Å². The third-order valence-electron chi connectivity index (χ3n) is 2.25. The van der Waals surface area contributed by atoms with E-state index in [4.69, 9.17) is 4.74 Å². The van der Waals surface area contributed by atoms with Gasteiger partial charge in [-0.1, -0.05) is 30.3 Å². The predicted octanol–water partition coefficient (Wildman–Crippen LogP) is 2.11. The van der Waals surface area contributed by atoms with Crippen LogP contribution in [0.2, 0.25) is 0 Å². The molecule has 0 bridgehead atoms. The molecule has 0 unspecified atom stereocenters. The molecule has 1 aliphatic heterocycles. The molecule has 0 N–H and O–H groups in total. The van der Waals surface area contributed by atoms with Crippen LogP contribution in [0, 0.1) is 0 Å². The summed E-state index contributed by atoms with van der Waals surface area (Å²) >= 11 is 0. The first-order chi connectivity index (χ1) is 6.27. The lowest BCUT2D eigenvalue weighted by atomic mass is 10.1. The van der Waals surface area contributed by atoms with Gasteiger partial charge in [0, 0.05) is 6.42 Å². The topological polar surface area (TPSA) is 26.3 Å². The zero-order valence-corrected chi connectivity index (χ0v) is 7.57. The maximum atomic E-state index is 11.5. The highest BCUT2D eigenvalue weighted by Crippen LogP contribution is 2.28. The molecule has 2 atom stereocenters. The van der Waals surface area contributed by atoms with Crippen LogP contribution in [-0.4, -0.2) is 11.9 Å². The largest absolute Gasteiger partial charge is 0.362 e. The summed E-state index contributed by atoms with van der Waals surface area (Å²) in [6.07, 6.45) is 0.286. The first kappa shape index (κ1) is 8.45. The van der Waals surface area contributed by atoms with Gasteiger partial charge in [0.2, 0.25) is 0 Å². The molecule has 0 amide bonds. The van der Waals surface area contributed by atoms with E-state index in [9.17, 15) is 4.79 Å². The van der Waals surface area contributed by atoms with E-state index in [0.717, 1.165) is 5.56 Å². The van der Waals surface area contributed by atoms with Crippen molar-refractivity contribution in [1.82, 2.24) is 0 Å². The quantitative estimate of drug-likeness (QED) is 0.655. The summed E-state index contributed by atoms with van der Waals surface area (Å²) in [4.78, 5) is 11.5. The molecule has 0 radical (unpaired) electrons. The smallest absolute Gasteiger partial charge is 0.168 e. The van der Waals surface area contributed by atoms with E-state index in [1.165, 1.54) is 0 Å². The van der Waals surface area contributed by atoms with Gasteiger partial charge in [-0.25, -0.2) is 0 Å². The molecule has 13 heavy (non-hydrogen) atoms. The minimum atomic E-state index is -0.323. The molecule has 0 aliphatic carbocycles. The number of rotatable bonds is 1. The molecule has 1 fully saturated rings. The highest BCUT2D eigenvalue weighted by Gasteiger charge is 2.31. The summed E-state index contributed by atoms with van der Waals surface area (Å²) < 4.78 is 5.51. The average Bonchev–Trinajstić information content (AvgIpc) is 2.47. The first-order valence-electron chi connectivity index (χ1n) is 4.50. The number of Topliss-reactive ketones (excluding diaryl/α,β-unsaturated/α-hetero) is 1. The molecular weight excluding hydrogens is 164 g/mol. The van der Waals surface area contributed by atoms with Gasteiger partial charge in [-0.2, -0.15) is 0 Å². The summed E-state index contributed by atoms with van der Waals surface area (Å²) in [5.41, 5.74) is 0.969. The number of benzene rings is 1. The lowest BCUT2D eigenvalue weighted by Crippen LogP contribution is -2.05. The third-order valence-corrected chi connectivity index (χ3v) is 2.25. The van der Waals surface area contributed by atoms with Crippen molar-refractivity contribution in [2.45, 2.75) is 25.6 Å². The Morgan fingerprint density at radius 1 is 1.31 bits per heavy atom. The summed E-state index contributed by atoms with van der Waals surface area (Å²) in [5.74, 6) is 0.193. The number of hydrogen-bond donors (Lipinski definition) is 0. The Bertz CT molecular complexity index is 305. The minimum absolute atomic E-state index is 0.0673. The first-order valence-corrected chi connectivity index (χ1v) is 4.50.